The van der Waals surface area contributed by atoms with E-state index in [9.17, 15) is 5.11 Å². The second-order valence-electron chi connectivity index (χ2n) is 3.46. The molecule has 1 unspecified atom stereocenters. The van der Waals surface area contributed by atoms with Gasteiger partial charge in [-0.3, -0.25) is 4.98 Å². The zero-order chi connectivity index (χ0) is 12.3. The molecule has 0 amide bonds. The van der Waals surface area contributed by atoms with E-state index >= 15 is 0 Å². The molecule has 5 heteroatoms. The number of ether oxygens (including phenoxy) is 1. The van der Waals surface area contributed by atoms with Gasteiger partial charge in [-0.05, 0) is 34.3 Å². The molecule has 0 fully saturated rings. The highest BCUT2D eigenvalue weighted by molar-refractivity contribution is 9.10. The van der Waals surface area contributed by atoms with Crippen molar-refractivity contribution in [3.63, 3.8) is 0 Å². The molecule has 1 N–H and O–H groups in total. The second kappa shape index (κ2) is 5.62. The summed E-state index contributed by atoms with van der Waals surface area (Å²) >= 11 is 4.96. The Kier molecular flexibility index (Phi) is 4.15. The summed E-state index contributed by atoms with van der Waals surface area (Å²) in [5.74, 6) is 0.676. The Morgan fingerprint density at radius 3 is 2.94 bits per heavy atom. The zero-order valence-electron chi connectivity index (χ0n) is 9.26. The van der Waals surface area contributed by atoms with E-state index in [2.05, 4.69) is 20.9 Å². The van der Waals surface area contributed by atoms with Crippen molar-refractivity contribution in [2.45, 2.75) is 13.0 Å². The highest BCUT2D eigenvalue weighted by Crippen LogP contribution is 2.32. The number of hydrogen-bond acceptors (Lipinski definition) is 4. The second-order valence-corrected chi connectivity index (χ2v) is 5.06. The maximum atomic E-state index is 10.2. The van der Waals surface area contributed by atoms with Crippen molar-refractivity contribution < 1.29 is 9.84 Å². The lowest BCUT2D eigenvalue weighted by atomic mass is 10.1. The van der Waals surface area contributed by atoms with Crippen molar-refractivity contribution in [1.82, 2.24) is 4.98 Å². The number of aliphatic hydroxyl groups is 1. The summed E-state index contributed by atoms with van der Waals surface area (Å²) in [5, 5.41) is 14.1. The number of nitrogens with zero attached hydrogens (tertiary/aromatic N) is 1. The summed E-state index contributed by atoms with van der Waals surface area (Å²) in [7, 11) is 0. The minimum Gasteiger partial charge on any atom is -0.492 e. The summed E-state index contributed by atoms with van der Waals surface area (Å²) in [6.07, 6.45) is 2.61. The molecule has 0 saturated heterocycles. The molecule has 0 radical (unpaired) electrons. The van der Waals surface area contributed by atoms with Gasteiger partial charge in [0.15, 0.2) is 0 Å². The number of thiophene rings is 1. The van der Waals surface area contributed by atoms with Crippen molar-refractivity contribution in [3.8, 4) is 5.75 Å². The molecule has 1 atom stereocenters. The van der Waals surface area contributed by atoms with Gasteiger partial charge in [-0.2, -0.15) is 11.3 Å². The van der Waals surface area contributed by atoms with Crippen LogP contribution in [0.25, 0.3) is 0 Å². The fourth-order valence-electron chi connectivity index (χ4n) is 1.50. The Labute approximate surface area is 112 Å². The Morgan fingerprint density at radius 2 is 2.29 bits per heavy atom. The van der Waals surface area contributed by atoms with Crippen molar-refractivity contribution in [2.24, 2.45) is 0 Å². The maximum absolute atomic E-state index is 10.2. The molecule has 2 heterocycles. The van der Waals surface area contributed by atoms with Gasteiger partial charge in [0, 0.05) is 27.2 Å². The topological polar surface area (TPSA) is 42.4 Å². The molecule has 0 aliphatic rings. The lowest BCUT2D eigenvalue weighted by molar-refractivity contribution is 0.218. The normalized spacial score (nSPS) is 12.4. The highest BCUT2D eigenvalue weighted by Gasteiger charge is 2.15. The van der Waals surface area contributed by atoms with E-state index in [0.717, 1.165) is 15.6 Å². The SMILES string of the molecule is CCOc1cncc(C(O)c2cscc2Br)c1. The highest BCUT2D eigenvalue weighted by atomic mass is 79.9. The van der Waals surface area contributed by atoms with Crippen LogP contribution in [0.3, 0.4) is 0 Å². The first kappa shape index (κ1) is 12.5. The summed E-state index contributed by atoms with van der Waals surface area (Å²) in [6.45, 7) is 2.50. The van der Waals surface area contributed by atoms with Gasteiger partial charge in [0.2, 0.25) is 0 Å². The van der Waals surface area contributed by atoms with Crippen LogP contribution in [0, 0.1) is 0 Å². The smallest absolute Gasteiger partial charge is 0.137 e. The molecule has 0 aliphatic carbocycles. The molecular formula is C12H12BrNO2S. The van der Waals surface area contributed by atoms with E-state index in [1.165, 1.54) is 0 Å². The van der Waals surface area contributed by atoms with E-state index in [1.54, 1.807) is 23.7 Å². The number of hydrogen-bond donors (Lipinski definition) is 1. The van der Waals surface area contributed by atoms with Crippen LogP contribution in [0.15, 0.2) is 33.7 Å². The maximum Gasteiger partial charge on any atom is 0.137 e. The predicted octanol–water partition coefficient (Wildman–Crippen LogP) is 3.39. The van der Waals surface area contributed by atoms with E-state index in [4.69, 9.17) is 4.74 Å². The van der Waals surface area contributed by atoms with Gasteiger partial charge in [0.05, 0.1) is 12.8 Å². The summed E-state index contributed by atoms with van der Waals surface area (Å²) in [4.78, 5) is 4.07. The molecule has 0 aliphatic heterocycles. The minimum atomic E-state index is -0.677. The quantitative estimate of drug-likeness (QED) is 0.940. The van der Waals surface area contributed by atoms with Crippen LogP contribution < -0.4 is 4.74 Å². The van der Waals surface area contributed by atoms with E-state index in [1.807, 2.05) is 23.8 Å². The summed E-state index contributed by atoms with van der Waals surface area (Å²) in [6, 6.07) is 1.81. The van der Waals surface area contributed by atoms with Crippen molar-refractivity contribution in [2.75, 3.05) is 6.61 Å². The number of rotatable bonds is 4. The fraction of sp³-hybridized carbons (Fsp3) is 0.250. The van der Waals surface area contributed by atoms with Gasteiger partial charge in [-0.15, -0.1) is 0 Å². The van der Waals surface area contributed by atoms with Gasteiger partial charge < -0.3 is 9.84 Å². The Morgan fingerprint density at radius 1 is 1.47 bits per heavy atom. The van der Waals surface area contributed by atoms with Crippen molar-refractivity contribution >= 4 is 27.3 Å². The number of aliphatic hydroxyl groups excluding tert-OH is 1. The molecule has 2 rings (SSSR count). The Hall–Kier alpha value is -0.910. The van der Waals surface area contributed by atoms with E-state index in [-0.39, 0.29) is 0 Å². The Bertz CT molecular complexity index is 501. The molecule has 17 heavy (non-hydrogen) atoms. The number of pyridine rings is 1. The first-order chi connectivity index (χ1) is 8.22. The third-order valence-electron chi connectivity index (χ3n) is 2.30. The molecule has 0 spiro atoms. The Balaban J connectivity index is 2.28. The molecule has 0 aromatic carbocycles. The lowest BCUT2D eigenvalue weighted by Gasteiger charge is -2.11. The predicted molar refractivity (Wildman–Crippen MR) is 71.5 cm³/mol. The van der Waals surface area contributed by atoms with Crippen LogP contribution in [0.1, 0.15) is 24.2 Å². The van der Waals surface area contributed by atoms with Crippen LogP contribution in [0.2, 0.25) is 0 Å². The molecule has 0 bridgehead atoms. The van der Waals surface area contributed by atoms with Gasteiger partial charge in [-0.25, -0.2) is 0 Å². The van der Waals surface area contributed by atoms with E-state index < -0.39 is 6.10 Å². The molecule has 0 saturated carbocycles. The molecule has 90 valence electrons. The molecule has 2 aromatic heterocycles. The van der Waals surface area contributed by atoms with Crippen molar-refractivity contribution in [1.29, 1.82) is 0 Å². The van der Waals surface area contributed by atoms with Crippen molar-refractivity contribution in [3.05, 3.63) is 44.8 Å². The first-order valence-electron chi connectivity index (χ1n) is 5.19. The van der Waals surface area contributed by atoms with E-state index in [0.29, 0.717) is 12.4 Å². The largest absolute Gasteiger partial charge is 0.492 e. The lowest BCUT2D eigenvalue weighted by Crippen LogP contribution is -2.01. The summed E-state index contributed by atoms with van der Waals surface area (Å²) in [5.41, 5.74) is 1.58. The third kappa shape index (κ3) is 2.86. The molecule has 2 aromatic rings. The van der Waals surface area contributed by atoms with Crippen LogP contribution >= 0.6 is 27.3 Å². The molecular weight excluding hydrogens is 302 g/mol. The van der Waals surface area contributed by atoms with Crippen LogP contribution in [0.5, 0.6) is 5.75 Å². The van der Waals surface area contributed by atoms with Gasteiger partial charge in [0.25, 0.3) is 0 Å². The number of aromatic nitrogens is 1. The van der Waals surface area contributed by atoms with Crippen LogP contribution in [-0.4, -0.2) is 16.7 Å². The number of halogens is 1. The fourth-order valence-corrected chi connectivity index (χ4v) is 3.03. The van der Waals surface area contributed by atoms with Crippen LogP contribution in [-0.2, 0) is 0 Å². The monoisotopic (exact) mass is 313 g/mol. The zero-order valence-corrected chi connectivity index (χ0v) is 11.7. The minimum absolute atomic E-state index is 0.587. The first-order valence-corrected chi connectivity index (χ1v) is 6.93. The average molecular weight is 314 g/mol. The van der Waals surface area contributed by atoms with Gasteiger partial charge >= 0.3 is 0 Å². The summed E-state index contributed by atoms with van der Waals surface area (Å²) < 4.78 is 6.28. The molecule has 3 nitrogen and oxygen atoms in total. The standard InChI is InChI=1S/C12H12BrNO2S/c1-2-16-9-3-8(4-14-5-9)12(15)10-6-17-7-11(10)13/h3-7,12,15H,2H2,1H3. The van der Waals surface area contributed by atoms with Crippen LogP contribution in [0.4, 0.5) is 0 Å². The van der Waals surface area contributed by atoms with Gasteiger partial charge in [0.1, 0.15) is 11.9 Å². The third-order valence-corrected chi connectivity index (χ3v) is 4.05. The van der Waals surface area contributed by atoms with Gasteiger partial charge in [-0.1, -0.05) is 0 Å². The average Bonchev–Trinajstić information content (AvgIpc) is 2.75.